The quantitative estimate of drug-likeness (QED) is 0.619. The highest BCUT2D eigenvalue weighted by atomic mass is 16.1. The number of carbonyl (C=O) groups is 1. The maximum Gasteiger partial charge on any atom is 0.106 e. The summed E-state index contributed by atoms with van der Waals surface area (Å²) >= 11 is 0. The van der Waals surface area contributed by atoms with Crippen LogP contribution in [0.2, 0.25) is 0 Å². The van der Waals surface area contributed by atoms with E-state index in [2.05, 4.69) is 33.1 Å². The molecule has 0 aromatic heterocycles. The van der Waals surface area contributed by atoms with E-state index in [1.165, 1.54) is 38.6 Å². The Balaban J connectivity index is 0.000000906. The zero-order valence-electron chi connectivity index (χ0n) is 18.6. The summed E-state index contributed by atoms with van der Waals surface area (Å²) in [5.41, 5.74) is 1.37. The third-order valence-corrected chi connectivity index (χ3v) is 10.2. The topological polar surface area (TPSA) is 29.1 Å². The Hall–Kier alpha value is -0.370. The Morgan fingerprint density at radius 2 is 1.70 bits per heavy atom. The molecule has 0 amide bonds. The van der Waals surface area contributed by atoms with Crippen LogP contribution in [-0.4, -0.2) is 20.4 Å². The number of hydrogen-bond donors (Lipinski definition) is 1. The van der Waals surface area contributed by atoms with E-state index < -0.39 is 0 Å². The van der Waals surface area contributed by atoms with Crippen molar-refractivity contribution in [3.63, 3.8) is 0 Å². The predicted octanol–water partition coefficient (Wildman–Crippen LogP) is 6.34. The molecule has 4 saturated carbocycles. The molecule has 0 aromatic carbocycles. The minimum atomic E-state index is 0. The molecular weight excluding hydrogens is 330 g/mol. The van der Waals surface area contributed by atoms with E-state index >= 15 is 0 Å². The van der Waals surface area contributed by atoms with Crippen LogP contribution < -0.4 is 5.32 Å². The van der Waals surface area contributed by atoms with Crippen LogP contribution in [0, 0.1) is 46.3 Å². The first-order valence-electron chi connectivity index (χ1n) is 11.9. The summed E-state index contributed by atoms with van der Waals surface area (Å²) in [5.74, 6) is 6.14. The van der Waals surface area contributed by atoms with Gasteiger partial charge in [-0.2, -0.15) is 0 Å². The molecule has 2 heteroatoms. The Morgan fingerprint density at radius 3 is 2.44 bits per heavy atom. The van der Waals surface area contributed by atoms with Gasteiger partial charge in [0.1, 0.15) is 6.79 Å². The van der Waals surface area contributed by atoms with Crippen molar-refractivity contribution in [1.82, 2.24) is 5.32 Å². The van der Waals surface area contributed by atoms with E-state index in [9.17, 15) is 0 Å². The van der Waals surface area contributed by atoms with Gasteiger partial charge >= 0.3 is 0 Å². The summed E-state index contributed by atoms with van der Waals surface area (Å²) in [7, 11) is 2.11. The zero-order valence-corrected chi connectivity index (χ0v) is 18.6. The molecule has 4 rings (SSSR count). The van der Waals surface area contributed by atoms with Gasteiger partial charge in [0.25, 0.3) is 0 Å². The second-order valence-corrected chi connectivity index (χ2v) is 11.0. The molecular formula is C25H47NO. The predicted molar refractivity (Wildman–Crippen MR) is 117 cm³/mol. The van der Waals surface area contributed by atoms with Crippen molar-refractivity contribution in [3.8, 4) is 0 Å². The Labute approximate surface area is 170 Å². The van der Waals surface area contributed by atoms with E-state index in [1.54, 1.807) is 38.5 Å². The van der Waals surface area contributed by atoms with Gasteiger partial charge in [-0.1, -0.05) is 33.6 Å². The molecule has 8 unspecified atom stereocenters. The van der Waals surface area contributed by atoms with Gasteiger partial charge in [-0.25, -0.2) is 0 Å². The van der Waals surface area contributed by atoms with Crippen molar-refractivity contribution in [1.29, 1.82) is 0 Å². The second-order valence-electron chi connectivity index (χ2n) is 11.0. The highest BCUT2D eigenvalue weighted by Crippen LogP contribution is 2.68. The minimum Gasteiger partial charge on any atom is -0.320 e. The Bertz CT molecular complexity index is 499. The van der Waals surface area contributed by atoms with E-state index in [-0.39, 0.29) is 1.43 Å². The van der Waals surface area contributed by atoms with Crippen molar-refractivity contribution in [2.45, 2.75) is 91.4 Å². The molecule has 0 saturated heterocycles. The van der Waals surface area contributed by atoms with Crippen LogP contribution >= 0.6 is 0 Å². The van der Waals surface area contributed by atoms with E-state index in [0.717, 1.165) is 35.5 Å². The van der Waals surface area contributed by atoms with Gasteiger partial charge in [0.05, 0.1) is 0 Å². The number of nitrogens with one attached hydrogen (secondary N) is 1. The lowest BCUT2D eigenvalue weighted by Crippen LogP contribution is -2.53. The highest BCUT2D eigenvalue weighted by Gasteiger charge is 2.59. The lowest BCUT2D eigenvalue weighted by atomic mass is 9.44. The van der Waals surface area contributed by atoms with Crippen molar-refractivity contribution >= 4 is 6.79 Å². The van der Waals surface area contributed by atoms with Gasteiger partial charge in [0.15, 0.2) is 0 Å². The lowest BCUT2D eigenvalue weighted by molar-refractivity contribution is -0.114. The van der Waals surface area contributed by atoms with Gasteiger partial charge in [-0.15, -0.1) is 0 Å². The van der Waals surface area contributed by atoms with Gasteiger partial charge in [0.2, 0.25) is 0 Å². The monoisotopic (exact) mass is 377 g/mol. The van der Waals surface area contributed by atoms with Gasteiger partial charge in [-0.05, 0) is 118 Å². The van der Waals surface area contributed by atoms with Crippen LogP contribution in [0.15, 0.2) is 0 Å². The largest absolute Gasteiger partial charge is 0.320 e. The summed E-state index contributed by atoms with van der Waals surface area (Å²) in [4.78, 5) is 8.00. The Kier molecular flexibility index (Phi) is 6.76. The molecule has 4 aliphatic rings. The number of hydrogen-bond acceptors (Lipinski definition) is 2. The van der Waals surface area contributed by atoms with Crippen molar-refractivity contribution in [3.05, 3.63) is 0 Å². The summed E-state index contributed by atoms with van der Waals surface area (Å²) in [6.45, 7) is 11.2. The first-order chi connectivity index (χ1) is 13.0. The van der Waals surface area contributed by atoms with Crippen molar-refractivity contribution in [2.75, 3.05) is 13.6 Å². The van der Waals surface area contributed by atoms with Gasteiger partial charge in [0, 0.05) is 1.43 Å². The standard InChI is InChI=1S/C24H43N.CH2O.H2/c1-17(13-16-25-4)20-10-11-21-19-9-8-18-7-5-6-14-23(18,2)22(19)12-15-24(20,21)3;1-2;/h17-22,25H,5-16H2,1-4H3;1H2;1H. The average Bonchev–Trinajstić information content (AvgIpc) is 3.04. The van der Waals surface area contributed by atoms with Crippen LogP contribution in [0.5, 0.6) is 0 Å². The van der Waals surface area contributed by atoms with Crippen LogP contribution in [0.3, 0.4) is 0 Å². The molecule has 0 aliphatic heterocycles. The molecule has 158 valence electrons. The zero-order chi connectivity index (χ0) is 19.7. The number of fused-ring (bicyclic) bond motifs is 5. The molecule has 0 heterocycles. The fraction of sp³-hybridized carbons (Fsp3) is 0.960. The van der Waals surface area contributed by atoms with Crippen LogP contribution in [0.4, 0.5) is 0 Å². The van der Waals surface area contributed by atoms with Gasteiger partial charge < -0.3 is 10.1 Å². The fourth-order valence-corrected chi connectivity index (χ4v) is 8.84. The molecule has 0 radical (unpaired) electrons. The Morgan fingerprint density at radius 1 is 0.963 bits per heavy atom. The maximum atomic E-state index is 8.00. The smallest absolute Gasteiger partial charge is 0.106 e. The molecule has 0 spiro atoms. The highest BCUT2D eigenvalue weighted by molar-refractivity contribution is 5.11. The first-order valence-corrected chi connectivity index (χ1v) is 11.9. The molecule has 27 heavy (non-hydrogen) atoms. The molecule has 4 fully saturated rings. The average molecular weight is 378 g/mol. The fourth-order valence-electron chi connectivity index (χ4n) is 8.84. The third kappa shape index (κ3) is 3.53. The van der Waals surface area contributed by atoms with Crippen LogP contribution in [0.25, 0.3) is 0 Å². The van der Waals surface area contributed by atoms with Crippen molar-refractivity contribution < 1.29 is 6.22 Å². The van der Waals surface area contributed by atoms with E-state index in [0.29, 0.717) is 10.8 Å². The summed E-state index contributed by atoms with van der Waals surface area (Å²) in [6.07, 6.45) is 16.8. The normalized spacial score (nSPS) is 47.0. The number of rotatable bonds is 4. The van der Waals surface area contributed by atoms with E-state index in [1.807, 2.05) is 6.79 Å². The number of carbonyl (C=O) groups excluding carboxylic acids is 1. The summed E-state index contributed by atoms with van der Waals surface area (Å²) in [6, 6.07) is 0. The molecule has 0 aromatic rings. The molecule has 1 N–H and O–H groups in total. The second kappa shape index (κ2) is 8.56. The molecule has 8 atom stereocenters. The SMILES string of the molecule is C=O.CNCCC(C)C1CCC2C3CCC4CCCCC4(C)C3CCC12C.[HH]. The minimum absolute atomic E-state index is 0. The summed E-state index contributed by atoms with van der Waals surface area (Å²) in [5, 5.41) is 3.39. The molecule has 4 aliphatic carbocycles. The molecule has 2 nitrogen and oxygen atoms in total. The summed E-state index contributed by atoms with van der Waals surface area (Å²) < 4.78 is 0. The lowest BCUT2D eigenvalue weighted by Gasteiger charge is -2.61. The van der Waals surface area contributed by atoms with Crippen molar-refractivity contribution in [2.24, 2.45) is 46.3 Å². The first kappa shape index (κ1) is 21.3. The maximum absolute atomic E-state index is 8.00. The van der Waals surface area contributed by atoms with Gasteiger partial charge in [-0.3, -0.25) is 0 Å². The third-order valence-electron chi connectivity index (χ3n) is 10.2. The van der Waals surface area contributed by atoms with Crippen LogP contribution in [0.1, 0.15) is 92.8 Å². The van der Waals surface area contributed by atoms with Crippen LogP contribution in [-0.2, 0) is 4.79 Å². The van der Waals surface area contributed by atoms with E-state index in [4.69, 9.17) is 4.79 Å². The molecule has 0 bridgehead atoms.